The molecular weight excluding hydrogens is 260 g/mol. The van der Waals surface area contributed by atoms with Gasteiger partial charge in [0.05, 0.1) is 17.1 Å². The second-order valence-corrected chi connectivity index (χ2v) is 6.41. The summed E-state index contributed by atoms with van der Waals surface area (Å²) in [7, 11) is 0. The Bertz CT molecular complexity index is 584. The zero-order valence-corrected chi connectivity index (χ0v) is 13.0. The van der Waals surface area contributed by atoms with Crippen LogP contribution in [-0.4, -0.2) is 20.8 Å². The molecule has 1 aliphatic rings. The fourth-order valence-corrected chi connectivity index (χ4v) is 3.68. The molecule has 0 amide bonds. The Balaban J connectivity index is 1.76. The molecule has 0 saturated heterocycles. The summed E-state index contributed by atoms with van der Waals surface area (Å²) in [5.74, 6) is 1.77. The summed E-state index contributed by atoms with van der Waals surface area (Å²) in [6, 6.07) is 8.29. The van der Waals surface area contributed by atoms with Gasteiger partial charge in [0.2, 0.25) is 0 Å². The van der Waals surface area contributed by atoms with E-state index in [9.17, 15) is 5.11 Å². The van der Waals surface area contributed by atoms with Gasteiger partial charge in [-0.1, -0.05) is 44.7 Å². The van der Waals surface area contributed by atoms with Crippen molar-refractivity contribution in [2.45, 2.75) is 64.5 Å². The van der Waals surface area contributed by atoms with Gasteiger partial charge in [0.25, 0.3) is 0 Å². The number of hydrogen-bond donors (Lipinski definition) is 1. The predicted octanol–water partition coefficient (Wildman–Crippen LogP) is 3.93. The van der Waals surface area contributed by atoms with Gasteiger partial charge in [-0.2, -0.15) is 0 Å². The Morgan fingerprint density at radius 3 is 2.81 bits per heavy atom. The third-order valence-corrected chi connectivity index (χ3v) is 4.68. The fourth-order valence-electron chi connectivity index (χ4n) is 3.68. The molecule has 1 heterocycles. The molecule has 0 radical (unpaired) electrons. The van der Waals surface area contributed by atoms with Gasteiger partial charge in [0, 0.05) is 13.0 Å². The first-order chi connectivity index (χ1) is 10.3. The zero-order valence-electron chi connectivity index (χ0n) is 13.0. The van der Waals surface area contributed by atoms with E-state index in [1.54, 1.807) is 0 Å². The maximum absolute atomic E-state index is 10.4. The summed E-state index contributed by atoms with van der Waals surface area (Å²) in [5, 5.41) is 10.4. The summed E-state index contributed by atoms with van der Waals surface area (Å²) in [5.41, 5.74) is 2.25. The topological polar surface area (TPSA) is 38.0 Å². The minimum Gasteiger partial charge on any atom is -0.393 e. The van der Waals surface area contributed by atoms with Crippen molar-refractivity contribution < 1.29 is 5.11 Å². The molecule has 3 heteroatoms. The number of hydrogen-bond acceptors (Lipinski definition) is 2. The number of aryl methyl sites for hydroxylation is 1. The highest BCUT2D eigenvalue weighted by Gasteiger charge is 2.21. The monoisotopic (exact) mass is 286 g/mol. The highest BCUT2D eigenvalue weighted by molar-refractivity contribution is 5.75. The molecule has 1 fully saturated rings. The summed E-state index contributed by atoms with van der Waals surface area (Å²) in [6.45, 7) is 3.17. The number of imidazole rings is 1. The molecule has 2 aromatic rings. The SMILES string of the molecule is CCCn1c(CC(O)CC2CCCC2)nc2ccccc21. The van der Waals surface area contributed by atoms with Crippen LogP contribution >= 0.6 is 0 Å². The van der Waals surface area contributed by atoms with Crippen LogP contribution in [0.5, 0.6) is 0 Å². The van der Waals surface area contributed by atoms with Gasteiger partial charge < -0.3 is 9.67 Å². The third kappa shape index (κ3) is 3.29. The predicted molar refractivity (Wildman–Crippen MR) is 86.3 cm³/mol. The van der Waals surface area contributed by atoms with E-state index in [1.807, 2.05) is 6.07 Å². The molecule has 1 aromatic carbocycles. The lowest BCUT2D eigenvalue weighted by molar-refractivity contribution is 0.140. The second-order valence-electron chi connectivity index (χ2n) is 6.41. The van der Waals surface area contributed by atoms with Crippen LogP contribution in [0.1, 0.15) is 51.3 Å². The van der Waals surface area contributed by atoms with Crippen molar-refractivity contribution in [1.29, 1.82) is 0 Å². The molecule has 1 unspecified atom stereocenters. The highest BCUT2D eigenvalue weighted by atomic mass is 16.3. The smallest absolute Gasteiger partial charge is 0.112 e. The Morgan fingerprint density at radius 1 is 1.29 bits per heavy atom. The number of nitrogens with zero attached hydrogens (tertiary/aromatic N) is 2. The van der Waals surface area contributed by atoms with Crippen molar-refractivity contribution >= 4 is 11.0 Å². The first-order valence-corrected chi connectivity index (χ1v) is 8.40. The fraction of sp³-hybridized carbons (Fsp3) is 0.611. The Kier molecular flexibility index (Phi) is 4.59. The number of benzene rings is 1. The molecule has 1 aliphatic carbocycles. The summed E-state index contributed by atoms with van der Waals surface area (Å²) >= 11 is 0. The van der Waals surface area contributed by atoms with Gasteiger partial charge in [-0.15, -0.1) is 0 Å². The number of para-hydroxylation sites is 2. The molecule has 1 saturated carbocycles. The van der Waals surface area contributed by atoms with E-state index < -0.39 is 0 Å². The molecule has 3 rings (SSSR count). The molecule has 1 atom stereocenters. The maximum atomic E-state index is 10.4. The molecule has 3 nitrogen and oxygen atoms in total. The van der Waals surface area contributed by atoms with Gasteiger partial charge in [0.15, 0.2) is 0 Å². The van der Waals surface area contributed by atoms with Gasteiger partial charge in [0.1, 0.15) is 5.82 Å². The molecule has 0 spiro atoms. The minimum absolute atomic E-state index is 0.250. The largest absolute Gasteiger partial charge is 0.393 e. The average molecular weight is 286 g/mol. The lowest BCUT2D eigenvalue weighted by Crippen LogP contribution is -2.18. The Morgan fingerprint density at radius 2 is 2.05 bits per heavy atom. The van der Waals surface area contributed by atoms with E-state index in [4.69, 9.17) is 4.98 Å². The van der Waals surface area contributed by atoms with Crippen molar-refractivity contribution in [1.82, 2.24) is 9.55 Å². The standard InChI is InChI=1S/C18H26N2O/c1-2-11-20-17-10-6-5-9-16(17)19-18(20)13-15(21)12-14-7-3-4-8-14/h5-6,9-10,14-15,21H,2-4,7-8,11-13H2,1H3. The summed E-state index contributed by atoms with van der Waals surface area (Å²) in [6.07, 6.45) is 7.73. The first-order valence-electron chi connectivity index (χ1n) is 8.40. The van der Waals surface area contributed by atoms with Crippen LogP contribution in [0.25, 0.3) is 11.0 Å². The van der Waals surface area contributed by atoms with Crippen LogP contribution in [0.2, 0.25) is 0 Å². The first kappa shape index (κ1) is 14.6. The molecule has 21 heavy (non-hydrogen) atoms. The Hall–Kier alpha value is -1.35. The number of rotatable bonds is 6. The van der Waals surface area contributed by atoms with Crippen molar-refractivity contribution in [2.75, 3.05) is 0 Å². The lowest BCUT2D eigenvalue weighted by atomic mass is 9.98. The zero-order chi connectivity index (χ0) is 14.7. The van der Waals surface area contributed by atoms with Crippen molar-refractivity contribution in [3.8, 4) is 0 Å². The van der Waals surface area contributed by atoms with E-state index in [-0.39, 0.29) is 6.10 Å². The van der Waals surface area contributed by atoms with Gasteiger partial charge in [-0.05, 0) is 30.9 Å². The molecule has 0 aliphatic heterocycles. The van der Waals surface area contributed by atoms with Gasteiger partial charge >= 0.3 is 0 Å². The summed E-state index contributed by atoms with van der Waals surface area (Å²) in [4.78, 5) is 4.75. The third-order valence-electron chi connectivity index (χ3n) is 4.68. The number of aromatic nitrogens is 2. The lowest BCUT2D eigenvalue weighted by Gasteiger charge is -2.16. The van der Waals surface area contributed by atoms with Crippen LogP contribution in [0.4, 0.5) is 0 Å². The number of aliphatic hydroxyl groups is 1. The molecular formula is C18H26N2O. The Labute approximate surface area is 127 Å². The molecule has 114 valence electrons. The average Bonchev–Trinajstić information content (AvgIpc) is 3.08. The van der Waals surface area contributed by atoms with E-state index in [0.29, 0.717) is 6.42 Å². The normalized spacial score (nSPS) is 17.6. The van der Waals surface area contributed by atoms with Crippen molar-refractivity contribution in [3.63, 3.8) is 0 Å². The molecule has 0 bridgehead atoms. The van der Waals surface area contributed by atoms with E-state index in [1.165, 1.54) is 31.2 Å². The van der Waals surface area contributed by atoms with Crippen LogP contribution in [0.3, 0.4) is 0 Å². The minimum atomic E-state index is -0.250. The van der Waals surface area contributed by atoms with Gasteiger partial charge in [-0.25, -0.2) is 4.98 Å². The number of fused-ring (bicyclic) bond motifs is 1. The number of aliphatic hydroxyl groups excluding tert-OH is 1. The second kappa shape index (κ2) is 6.61. The van der Waals surface area contributed by atoms with Crippen LogP contribution in [-0.2, 0) is 13.0 Å². The van der Waals surface area contributed by atoms with Crippen molar-refractivity contribution in [3.05, 3.63) is 30.1 Å². The quantitative estimate of drug-likeness (QED) is 0.873. The van der Waals surface area contributed by atoms with E-state index >= 15 is 0 Å². The molecule has 1 aromatic heterocycles. The van der Waals surface area contributed by atoms with Crippen LogP contribution < -0.4 is 0 Å². The van der Waals surface area contributed by atoms with Crippen LogP contribution in [0.15, 0.2) is 24.3 Å². The van der Waals surface area contributed by atoms with Gasteiger partial charge in [-0.3, -0.25) is 0 Å². The molecule has 1 N–H and O–H groups in total. The van der Waals surface area contributed by atoms with Crippen LogP contribution in [0, 0.1) is 5.92 Å². The van der Waals surface area contributed by atoms with E-state index in [0.717, 1.165) is 36.6 Å². The summed E-state index contributed by atoms with van der Waals surface area (Å²) < 4.78 is 2.28. The highest BCUT2D eigenvalue weighted by Crippen LogP contribution is 2.29. The van der Waals surface area contributed by atoms with Crippen molar-refractivity contribution in [2.24, 2.45) is 5.92 Å². The van der Waals surface area contributed by atoms with E-state index in [2.05, 4.69) is 29.7 Å². The maximum Gasteiger partial charge on any atom is 0.112 e.